The molecule has 0 aliphatic carbocycles. The van der Waals surface area contributed by atoms with Crippen molar-refractivity contribution in [3.8, 4) is 0 Å². The number of unbranched alkanes of at least 4 members (excludes halogenated alkanes) is 54. The van der Waals surface area contributed by atoms with Crippen LogP contribution in [-0.4, -0.2) is 87.5 Å². The molecule has 6 N–H and O–H groups in total. The van der Waals surface area contributed by atoms with Gasteiger partial charge in [0.2, 0.25) is 5.91 Å². The molecule has 0 radical (unpaired) electrons. The Morgan fingerprint density at radius 2 is 0.688 bits per heavy atom. The summed E-state index contributed by atoms with van der Waals surface area (Å²) in [6, 6.07) is -0.802. The van der Waals surface area contributed by atoms with Crippen molar-refractivity contribution >= 4 is 5.91 Å². The Morgan fingerprint density at radius 3 is 0.975 bits per heavy atom. The van der Waals surface area contributed by atoms with Gasteiger partial charge in [-0.05, 0) is 19.3 Å². The number of carbonyl (C=O) groups excluding carboxylic acids is 1. The molecule has 7 unspecified atom stereocenters. The average Bonchev–Trinajstić information content (AvgIpc) is 3.46. The van der Waals surface area contributed by atoms with Gasteiger partial charge >= 0.3 is 0 Å². The highest BCUT2D eigenvalue weighted by Gasteiger charge is 2.44. The molecule has 0 spiro atoms. The van der Waals surface area contributed by atoms with Crippen molar-refractivity contribution in [2.45, 2.75) is 423 Å². The van der Waals surface area contributed by atoms with E-state index in [1.165, 1.54) is 321 Å². The molecule has 1 amide bonds. The Morgan fingerprint density at radius 1 is 0.412 bits per heavy atom. The third-order valence-corrected chi connectivity index (χ3v) is 17.6. The van der Waals surface area contributed by atoms with E-state index in [2.05, 4.69) is 19.2 Å². The van der Waals surface area contributed by atoms with Crippen molar-refractivity contribution in [1.29, 1.82) is 0 Å². The number of ether oxygens (including phenoxy) is 2. The van der Waals surface area contributed by atoms with Crippen molar-refractivity contribution in [1.82, 2.24) is 5.32 Å². The van der Waals surface area contributed by atoms with Crippen molar-refractivity contribution < 1.29 is 39.8 Å². The van der Waals surface area contributed by atoms with Gasteiger partial charge in [-0.25, -0.2) is 0 Å². The number of hydrogen-bond donors (Lipinski definition) is 6. The molecule has 0 saturated carbocycles. The predicted molar refractivity (Wildman–Crippen MR) is 341 cm³/mol. The van der Waals surface area contributed by atoms with E-state index in [0.717, 1.165) is 38.5 Å². The molecule has 9 nitrogen and oxygen atoms in total. The largest absolute Gasteiger partial charge is 0.394 e. The molecule has 7 atom stereocenters. The molecule has 476 valence electrons. The van der Waals surface area contributed by atoms with Gasteiger partial charge in [-0.2, -0.15) is 0 Å². The van der Waals surface area contributed by atoms with Crippen molar-refractivity contribution in [2.24, 2.45) is 0 Å². The number of carbonyl (C=O) groups is 1. The fraction of sp³-hybridized carbons (Fsp3) is 0.958. The Balaban J connectivity index is 2.09. The number of amides is 1. The maximum absolute atomic E-state index is 13.1. The summed E-state index contributed by atoms with van der Waals surface area (Å²) in [6.07, 6.45) is 71.9. The zero-order valence-corrected chi connectivity index (χ0v) is 53.4. The van der Waals surface area contributed by atoms with E-state index < -0.39 is 49.5 Å². The van der Waals surface area contributed by atoms with Crippen molar-refractivity contribution in [3.05, 3.63) is 12.2 Å². The monoisotopic (exact) mass is 1130 g/mol. The van der Waals surface area contributed by atoms with Gasteiger partial charge in [0.05, 0.1) is 25.4 Å². The van der Waals surface area contributed by atoms with Crippen LogP contribution in [0.1, 0.15) is 380 Å². The summed E-state index contributed by atoms with van der Waals surface area (Å²) in [5, 5.41) is 54.8. The average molecular weight is 1130 g/mol. The first kappa shape index (κ1) is 76.9. The third-order valence-electron chi connectivity index (χ3n) is 17.6. The van der Waals surface area contributed by atoms with Gasteiger partial charge in [0.15, 0.2) is 6.29 Å². The molecule has 1 heterocycles. The Hall–Kier alpha value is -1.07. The molecular weight excluding hydrogens is 995 g/mol. The van der Waals surface area contributed by atoms with Crippen LogP contribution in [0.15, 0.2) is 12.2 Å². The fourth-order valence-electron chi connectivity index (χ4n) is 12.0. The minimum absolute atomic E-state index is 0.167. The number of allylic oxidation sites excluding steroid dienone is 1. The molecule has 1 aliphatic heterocycles. The zero-order chi connectivity index (χ0) is 57.9. The highest BCUT2D eigenvalue weighted by molar-refractivity contribution is 5.76. The van der Waals surface area contributed by atoms with Gasteiger partial charge in [-0.15, -0.1) is 0 Å². The highest BCUT2D eigenvalue weighted by Crippen LogP contribution is 2.24. The van der Waals surface area contributed by atoms with Crippen molar-refractivity contribution in [3.63, 3.8) is 0 Å². The normalized spacial score (nSPS) is 18.4. The van der Waals surface area contributed by atoms with Crippen LogP contribution in [0, 0.1) is 0 Å². The zero-order valence-electron chi connectivity index (χ0n) is 53.4. The Bertz CT molecular complexity index is 1270. The lowest BCUT2D eigenvalue weighted by molar-refractivity contribution is -0.302. The first-order valence-electron chi connectivity index (χ1n) is 35.9. The molecule has 1 saturated heterocycles. The maximum Gasteiger partial charge on any atom is 0.220 e. The van der Waals surface area contributed by atoms with Crippen LogP contribution in [0.4, 0.5) is 0 Å². The number of aliphatic hydroxyl groups is 5. The second-order valence-corrected chi connectivity index (χ2v) is 25.4. The molecule has 1 fully saturated rings. The minimum atomic E-state index is -1.56. The Kier molecular flexibility index (Phi) is 58.7. The van der Waals surface area contributed by atoms with Crippen LogP contribution in [-0.2, 0) is 14.3 Å². The summed E-state index contributed by atoms with van der Waals surface area (Å²) >= 11 is 0. The second-order valence-electron chi connectivity index (χ2n) is 25.4. The molecule has 1 rings (SSSR count). The number of rotatable bonds is 64. The number of nitrogens with one attached hydrogen (secondary N) is 1. The number of hydrogen-bond acceptors (Lipinski definition) is 8. The van der Waals surface area contributed by atoms with E-state index in [-0.39, 0.29) is 12.5 Å². The van der Waals surface area contributed by atoms with E-state index in [9.17, 15) is 30.3 Å². The van der Waals surface area contributed by atoms with Gasteiger partial charge in [-0.3, -0.25) is 4.79 Å². The first-order chi connectivity index (χ1) is 39.3. The molecule has 0 aromatic heterocycles. The van der Waals surface area contributed by atoms with Gasteiger partial charge in [0, 0.05) is 6.42 Å². The van der Waals surface area contributed by atoms with Crippen LogP contribution >= 0.6 is 0 Å². The molecule has 0 aromatic rings. The molecule has 0 bridgehead atoms. The van der Waals surface area contributed by atoms with Gasteiger partial charge in [0.25, 0.3) is 0 Å². The van der Waals surface area contributed by atoms with E-state index >= 15 is 0 Å². The van der Waals surface area contributed by atoms with Gasteiger partial charge < -0.3 is 40.3 Å². The lowest BCUT2D eigenvalue weighted by atomic mass is 9.99. The van der Waals surface area contributed by atoms with E-state index in [4.69, 9.17) is 9.47 Å². The maximum atomic E-state index is 13.1. The lowest BCUT2D eigenvalue weighted by Crippen LogP contribution is -2.60. The van der Waals surface area contributed by atoms with E-state index in [0.29, 0.717) is 6.42 Å². The van der Waals surface area contributed by atoms with E-state index in [1.807, 2.05) is 6.08 Å². The summed E-state index contributed by atoms with van der Waals surface area (Å²) in [4.78, 5) is 13.1. The minimum Gasteiger partial charge on any atom is -0.394 e. The Labute approximate surface area is 496 Å². The molecule has 80 heavy (non-hydrogen) atoms. The second kappa shape index (κ2) is 61.0. The van der Waals surface area contributed by atoms with Crippen LogP contribution in [0.5, 0.6) is 0 Å². The molecule has 1 aliphatic rings. The summed E-state index contributed by atoms with van der Waals surface area (Å²) in [5.41, 5.74) is 0. The van der Waals surface area contributed by atoms with E-state index in [1.54, 1.807) is 6.08 Å². The third kappa shape index (κ3) is 49.2. The van der Waals surface area contributed by atoms with Crippen LogP contribution in [0.25, 0.3) is 0 Å². The summed E-state index contributed by atoms with van der Waals surface area (Å²) in [5.74, 6) is -0.167. The molecular formula is C71H139NO8. The first-order valence-corrected chi connectivity index (χ1v) is 35.9. The van der Waals surface area contributed by atoms with Crippen LogP contribution in [0.2, 0.25) is 0 Å². The quantitative estimate of drug-likeness (QED) is 0.0261. The fourth-order valence-corrected chi connectivity index (χ4v) is 12.0. The van der Waals surface area contributed by atoms with Crippen LogP contribution in [0.3, 0.4) is 0 Å². The smallest absolute Gasteiger partial charge is 0.220 e. The highest BCUT2D eigenvalue weighted by atomic mass is 16.7. The van der Waals surface area contributed by atoms with Gasteiger partial charge in [0.1, 0.15) is 24.4 Å². The van der Waals surface area contributed by atoms with Gasteiger partial charge in [-0.1, -0.05) is 366 Å². The lowest BCUT2D eigenvalue weighted by Gasteiger charge is -2.40. The summed E-state index contributed by atoms with van der Waals surface area (Å²) in [6.45, 7) is 3.85. The predicted octanol–water partition coefficient (Wildman–Crippen LogP) is 19.5. The summed E-state index contributed by atoms with van der Waals surface area (Å²) < 4.78 is 11.3. The molecule has 9 heteroatoms. The van der Waals surface area contributed by atoms with Crippen molar-refractivity contribution in [2.75, 3.05) is 13.2 Å². The summed E-state index contributed by atoms with van der Waals surface area (Å²) in [7, 11) is 0. The topological polar surface area (TPSA) is 149 Å². The SMILES string of the molecule is CCCCCCCCCCCCCCCCCCCCCCCC/C=C/C(O)C(COC1OC(CO)C(O)C(O)C1O)NC(=O)CCCCCCCCCCCCCCCCCCCCCCCCCCCCCCCCCCC. The number of aliphatic hydroxyl groups excluding tert-OH is 5. The standard InChI is InChI=1S/C71H139NO8/c1-3-5-7-9-11-13-15-17-19-21-23-25-27-29-30-31-32-33-34-35-36-37-39-41-43-45-47-49-51-53-55-57-59-61-67(75)72-64(63-79-71-70(78)69(77)68(76)66(62-73)80-71)65(74)60-58-56-54-52-50-48-46-44-42-40-38-28-26-24-22-20-18-16-14-12-10-8-6-4-2/h58,60,64-66,68-71,73-74,76-78H,3-57,59,61-63H2,1-2H3,(H,72,75)/b60-58+. The van der Waals surface area contributed by atoms with Crippen LogP contribution < -0.4 is 5.32 Å². The molecule has 0 aromatic carbocycles.